The molecule has 0 unspecified atom stereocenters. The first-order chi connectivity index (χ1) is 11.8. The van der Waals surface area contributed by atoms with Crippen molar-refractivity contribution in [2.24, 2.45) is 4.99 Å². The summed E-state index contributed by atoms with van der Waals surface area (Å²) < 4.78 is 5.26. The highest BCUT2D eigenvalue weighted by Crippen LogP contribution is 2.16. The summed E-state index contributed by atoms with van der Waals surface area (Å²) in [5.74, 6) is 0.844. The van der Waals surface area contributed by atoms with Gasteiger partial charge in [-0.2, -0.15) is 0 Å². The highest BCUT2D eigenvalue weighted by molar-refractivity contribution is 7.11. The molecule has 5 heteroatoms. The standard InChI is InChI=1S/C19H27N3OS/c1-4-17-10-11-18(24-17)13-22-19(20-5-2)21-12-15-8-6-7-9-16(15)14-23-3/h6-11H,4-5,12-14H2,1-3H3,(H2,20,21,22). The van der Waals surface area contributed by atoms with Crippen molar-refractivity contribution in [1.29, 1.82) is 0 Å². The van der Waals surface area contributed by atoms with E-state index >= 15 is 0 Å². The largest absolute Gasteiger partial charge is 0.380 e. The smallest absolute Gasteiger partial charge is 0.191 e. The van der Waals surface area contributed by atoms with Crippen molar-refractivity contribution in [2.75, 3.05) is 13.7 Å². The van der Waals surface area contributed by atoms with Crippen molar-refractivity contribution >= 4 is 17.3 Å². The van der Waals surface area contributed by atoms with Crippen LogP contribution in [0.25, 0.3) is 0 Å². The quantitative estimate of drug-likeness (QED) is 0.566. The van der Waals surface area contributed by atoms with Crippen LogP contribution >= 0.6 is 11.3 Å². The number of benzene rings is 1. The van der Waals surface area contributed by atoms with Crippen molar-refractivity contribution < 1.29 is 4.74 Å². The molecule has 0 aliphatic heterocycles. The van der Waals surface area contributed by atoms with E-state index in [-0.39, 0.29) is 0 Å². The van der Waals surface area contributed by atoms with Crippen LogP contribution in [0.5, 0.6) is 0 Å². The zero-order chi connectivity index (χ0) is 17.2. The lowest BCUT2D eigenvalue weighted by molar-refractivity contribution is 0.184. The Morgan fingerprint density at radius 3 is 2.46 bits per heavy atom. The molecule has 0 spiro atoms. The van der Waals surface area contributed by atoms with E-state index in [4.69, 9.17) is 9.73 Å². The molecule has 130 valence electrons. The molecule has 4 nitrogen and oxygen atoms in total. The Bertz CT molecular complexity index is 652. The number of nitrogens with one attached hydrogen (secondary N) is 2. The molecule has 0 amide bonds. The van der Waals surface area contributed by atoms with Gasteiger partial charge >= 0.3 is 0 Å². The number of hydrogen-bond acceptors (Lipinski definition) is 3. The van der Waals surface area contributed by atoms with Crippen molar-refractivity contribution in [1.82, 2.24) is 10.6 Å². The average molecular weight is 346 g/mol. The molecule has 0 saturated heterocycles. The molecule has 2 aromatic rings. The van der Waals surface area contributed by atoms with Crippen LogP contribution in [0.2, 0.25) is 0 Å². The Labute approximate surface area is 149 Å². The predicted octanol–water partition coefficient (Wildman–Crippen LogP) is 3.71. The van der Waals surface area contributed by atoms with Gasteiger partial charge in [-0.15, -0.1) is 11.3 Å². The van der Waals surface area contributed by atoms with E-state index < -0.39 is 0 Å². The third-order valence-electron chi connectivity index (χ3n) is 3.67. The summed E-state index contributed by atoms with van der Waals surface area (Å²) in [5, 5.41) is 6.72. The molecular formula is C19H27N3OS. The van der Waals surface area contributed by atoms with E-state index in [0.717, 1.165) is 25.5 Å². The summed E-state index contributed by atoms with van der Waals surface area (Å²) in [5.41, 5.74) is 2.38. The van der Waals surface area contributed by atoms with Crippen LogP contribution in [0.3, 0.4) is 0 Å². The van der Waals surface area contributed by atoms with Gasteiger partial charge in [0.05, 0.1) is 19.7 Å². The van der Waals surface area contributed by atoms with Crippen LogP contribution in [0.4, 0.5) is 0 Å². The van der Waals surface area contributed by atoms with Gasteiger partial charge in [-0.3, -0.25) is 0 Å². The fourth-order valence-electron chi connectivity index (χ4n) is 2.39. The number of hydrogen-bond donors (Lipinski definition) is 2. The number of guanidine groups is 1. The monoisotopic (exact) mass is 345 g/mol. The highest BCUT2D eigenvalue weighted by atomic mass is 32.1. The molecule has 1 heterocycles. The summed E-state index contributed by atoms with van der Waals surface area (Å²) >= 11 is 1.85. The second-order valence-corrected chi connectivity index (χ2v) is 6.72. The summed E-state index contributed by atoms with van der Waals surface area (Å²) in [7, 11) is 1.72. The minimum absolute atomic E-state index is 0.616. The predicted molar refractivity (Wildman–Crippen MR) is 103 cm³/mol. The average Bonchev–Trinajstić information content (AvgIpc) is 3.07. The van der Waals surface area contributed by atoms with Gasteiger partial charge in [0, 0.05) is 23.4 Å². The first-order valence-electron chi connectivity index (χ1n) is 8.42. The van der Waals surface area contributed by atoms with Crippen LogP contribution in [0, 0.1) is 0 Å². The number of aryl methyl sites for hydroxylation is 1. The van der Waals surface area contributed by atoms with Crippen molar-refractivity contribution in [2.45, 2.75) is 40.0 Å². The molecule has 0 atom stereocenters. The third kappa shape index (κ3) is 5.65. The lowest BCUT2D eigenvalue weighted by Crippen LogP contribution is -2.36. The van der Waals surface area contributed by atoms with E-state index in [2.05, 4.69) is 48.7 Å². The molecule has 1 aromatic carbocycles. The van der Waals surface area contributed by atoms with Crippen LogP contribution in [0.1, 0.15) is 34.7 Å². The second-order valence-electron chi connectivity index (χ2n) is 5.47. The number of nitrogens with zero attached hydrogens (tertiary/aromatic N) is 1. The van der Waals surface area contributed by atoms with Crippen molar-refractivity contribution in [3.8, 4) is 0 Å². The second kappa shape index (κ2) is 10.1. The van der Waals surface area contributed by atoms with Gasteiger partial charge < -0.3 is 15.4 Å². The molecule has 0 aliphatic carbocycles. The van der Waals surface area contributed by atoms with Crippen LogP contribution < -0.4 is 10.6 Å². The Morgan fingerprint density at radius 1 is 1.04 bits per heavy atom. The van der Waals surface area contributed by atoms with E-state index in [1.807, 2.05) is 23.5 Å². The summed E-state index contributed by atoms with van der Waals surface area (Å²) in [6.07, 6.45) is 1.09. The Morgan fingerprint density at radius 2 is 1.79 bits per heavy atom. The zero-order valence-electron chi connectivity index (χ0n) is 14.8. The maximum absolute atomic E-state index is 5.26. The minimum atomic E-state index is 0.616. The van der Waals surface area contributed by atoms with E-state index in [9.17, 15) is 0 Å². The van der Waals surface area contributed by atoms with E-state index in [1.54, 1.807) is 7.11 Å². The fourth-order valence-corrected chi connectivity index (χ4v) is 3.29. The van der Waals surface area contributed by atoms with Crippen LogP contribution in [-0.2, 0) is 30.9 Å². The molecule has 0 radical (unpaired) electrons. The highest BCUT2D eigenvalue weighted by Gasteiger charge is 2.04. The molecule has 0 fully saturated rings. The van der Waals surface area contributed by atoms with Gasteiger partial charge in [-0.1, -0.05) is 31.2 Å². The molecule has 0 aliphatic rings. The van der Waals surface area contributed by atoms with Crippen LogP contribution in [-0.4, -0.2) is 19.6 Å². The van der Waals surface area contributed by atoms with Crippen molar-refractivity contribution in [3.05, 3.63) is 57.3 Å². The molecule has 2 N–H and O–H groups in total. The maximum atomic E-state index is 5.26. The first-order valence-corrected chi connectivity index (χ1v) is 9.24. The molecular weight excluding hydrogens is 318 g/mol. The molecule has 2 rings (SSSR count). The summed E-state index contributed by atoms with van der Waals surface area (Å²) in [4.78, 5) is 7.46. The molecule has 24 heavy (non-hydrogen) atoms. The van der Waals surface area contributed by atoms with E-state index in [0.29, 0.717) is 13.2 Å². The minimum Gasteiger partial charge on any atom is -0.380 e. The number of ether oxygens (including phenoxy) is 1. The van der Waals surface area contributed by atoms with Crippen LogP contribution in [0.15, 0.2) is 41.4 Å². The Balaban J connectivity index is 1.99. The fraction of sp³-hybridized carbons (Fsp3) is 0.421. The maximum Gasteiger partial charge on any atom is 0.191 e. The van der Waals surface area contributed by atoms with E-state index in [1.165, 1.54) is 20.9 Å². The first kappa shape index (κ1) is 18.5. The summed E-state index contributed by atoms with van der Waals surface area (Å²) in [6, 6.07) is 12.7. The molecule has 0 saturated carbocycles. The van der Waals surface area contributed by atoms with Gasteiger partial charge in [0.2, 0.25) is 0 Å². The van der Waals surface area contributed by atoms with Crippen molar-refractivity contribution in [3.63, 3.8) is 0 Å². The molecule has 1 aromatic heterocycles. The van der Waals surface area contributed by atoms with Gasteiger partial charge in [0.1, 0.15) is 0 Å². The Kier molecular flexibility index (Phi) is 7.79. The summed E-state index contributed by atoms with van der Waals surface area (Å²) in [6.45, 7) is 7.17. The number of rotatable bonds is 8. The number of methoxy groups -OCH3 is 1. The van der Waals surface area contributed by atoms with Gasteiger partial charge in [0.25, 0.3) is 0 Å². The lowest BCUT2D eigenvalue weighted by Gasteiger charge is -2.12. The Hall–Kier alpha value is -1.85. The molecule has 0 bridgehead atoms. The number of thiophene rings is 1. The zero-order valence-corrected chi connectivity index (χ0v) is 15.6. The SMILES string of the molecule is CCNC(=NCc1ccccc1COC)NCc1ccc(CC)s1. The normalized spacial score (nSPS) is 11.5. The van der Waals surface area contributed by atoms with Gasteiger partial charge in [0.15, 0.2) is 5.96 Å². The van der Waals surface area contributed by atoms with Gasteiger partial charge in [-0.25, -0.2) is 4.99 Å². The lowest BCUT2D eigenvalue weighted by atomic mass is 10.1. The topological polar surface area (TPSA) is 45.7 Å². The number of aliphatic imine (C=N–C) groups is 1. The van der Waals surface area contributed by atoms with Gasteiger partial charge in [-0.05, 0) is 36.6 Å². The third-order valence-corrected chi connectivity index (χ3v) is 4.90.